The number of unbranched alkanes of at least 4 members (excludes halogenated alkanes) is 1. The van der Waals surface area contributed by atoms with Crippen molar-refractivity contribution in [3.05, 3.63) is 145 Å². The number of hydrogen-bond acceptors (Lipinski definition) is 10. The molecule has 4 amide bonds. The van der Waals surface area contributed by atoms with Crippen LogP contribution < -0.4 is 41.6 Å². The number of alkyl carbamates (subject to hydrolysis) is 1. The fourth-order valence-corrected chi connectivity index (χ4v) is 8.91. The molecule has 16 nitrogen and oxygen atoms in total. The molecule has 6 aromatic rings. The number of hydrogen-bond donors (Lipinski definition) is 6. The Morgan fingerprint density at radius 3 is 1.80 bits per heavy atom. The topological polar surface area (TPSA) is 221 Å². The summed E-state index contributed by atoms with van der Waals surface area (Å²) < 4.78 is 37.5. The Morgan fingerprint density at radius 1 is 0.658 bits per heavy atom. The van der Waals surface area contributed by atoms with E-state index >= 15 is 0 Å². The van der Waals surface area contributed by atoms with Gasteiger partial charge in [-0.3, -0.25) is 4.79 Å². The molecule has 6 rings (SSSR count). The first-order valence-electron chi connectivity index (χ1n) is 26.6. The number of halogens is 1. The number of carbonyl (C=O) groups is 5. The molecule has 0 radical (unpaired) electrons. The second-order valence-corrected chi connectivity index (χ2v) is 21.3. The first kappa shape index (κ1) is 60.4. The van der Waals surface area contributed by atoms with E-state index in [2.05, 4.69) is 45.2 Å². The molecule has 0 aliphatic carbocycles. The third-order valence-electron chi connectivity index (χ3n) is 12.5. The van der Waals surface area contributed by atoms with Crippen molar-refractivity contribution in [1.82, 2.24) is 26.4 Å². The van der Waals surface area contributed by atoms with Crippen molar-refractivity contribution in [3.63, 3.8) is 0 Å². The van der Waals surface area contributed by atoms with Crippen LogP contribution in [0, 0.1) is 5.92 Å². The van der Waals surface area contributed by atoms with Crippen LogP contribution in [-0.2, 0) is 41.7 Å². The monoisotopic (exact) mass is 1100 g/mol. The van der Waals surface area contributed by atoms with E-state index in [1.807, 2.05) is 133 Å². The van der Waals surface area contributed by atoms with E-state index in [1.54, 1.807) is 20.8 Å². The van der Waals surface area contributed by atoms with E-state index in [0.717, 1.165) is 50.2 Å². The average molecular weight is 1100 g/mol. The van der Waals surface area contributed by atoms with E-state index < -0.39 is 67.8 Å². The Hall–Kier alpha value is -7.85. The van der Waals surface area contributed by atoms with Gasteiger partial charge in [-0.1, -0.05) is 135 Å². The molecule has 1 unspecified atom stereocenters. The molecule has 0 aliphatic rings. The molecule has 0 heterocycles. The van der Waals surface area contributed by atoms with Crippen molar-refractivity contribution in [3.8, 4) is 22.6 Å². The van der Waals surface area contributed by atoms with Gasteiger partial charge < -0.3 is 24.3 Å². The zero-order chi connectivity index (χ0) is 56.7. The van der Waals surface area contributed by atoms with E-state index in [4.69, 9.17) is 31.7 Å². The molecule has 0 aliphatic heterocycles. The summed E-state index contributed by atoms with van der Waals surface area (Å²) in [5, 5.41) is 17.2. The number of ether oxygens (including phenoxy) is 4. The van der Waals surface area contributed by atoms with Gasteiger partial charge in [-0.25, -0.2) is 9.59 Å². The number of carbonyl (C=O) groups excluding carboxylic acids is 5. The van der Waals surface area contributed by atoms with Crippen LogP contribution in [0.5, 0.6) is 11.5 Å². The predicted octanol–water partition coefficient (Wildman–Crippen LogP) is 9.65. The summed E-state index contributed by atoms with van der Waals surface area (Å²) in [6, 6.07) is 38.1. The molecule has 0 aromatic heterocycles. The average Bonchev–Trinajstić information content (AvgIpc) is 3.45. The van der Waals surface area contributed by atoms with Gasteiger partial charge in [0.25, 0.3) is 5.91 Å². The van der Waals surface area contributed by atoms with Crippen LogP contribution in [0.2, 0.25) is 0 Å². The third kappa shape index (κ3) is 19.8. The first-order valence-corrected chi connectivity index (χ1v) is 27.9. The van der Waals surface area contributed by atoms with E-state index in [-0.39, 0.29) is 51.3 Å². The number of nitrogens with zero attached hydrogens (tertiary/aromatic N) is 1. The number of aliphatic imine (C=N–C) groups is 1. The Morgan fingerprint density at radius 2 is 1.20 bits per heavy atom. The summed E-state index contributed by atoms with van der Waals surface area (Å²) in [4.78, 5) is 73.8. The first-order chi connectivity index (χ1) is 37.9. The van der Waals surface area contributed by atoms with Gasteiger partial charge in [0, 0.05) is 17.7 Å². The molecule has 19 heteroatoms. The standard InChI is InChI=1S/C60H72BFN7O9P/c1-40(2)33-36-75-50-31-29-43-23-12-14-25-45(43)53(50)54-46-26-15-13-24-44(46)30-32-51(54)76-39-52(70)66-47(27-16-17-34-65-59(74)78-60(3,4)5)55(71)67-48(28-18-35-64-58(63)69-79(61)62)56(72)68-49(37-41-19-8-6-9-20-41)57(73)77-38-42-21-10-7-11-22-42/h6-15,19-26,29-32,40,47-49H,16-18,27-28,33-39H2,1-5H3,(H,65,74)(H,66,70)(H,67,71)(H,68,72)(H3,63,64,69)/t47-,48-,49+/m1/s1. The van der Waals surface area contributed by atoms with Gasteiger partial charge in [-0.05, 0) is 90.8 Å². The minimum Gasteiger partial charge on any atom is -0.459 e. The number of nitrogens with one attached hydrogen (secondary N) is 5. The van der Waals surface area contributed by atoms with Crippen molar-refractivity contribution in [2.24, 2.45) is 16.6 Å². The third-order valence-corrected chi connectivity index (χ3v) is 12.9. The van der Waals surface area contributed by atoms with E-state index in [9.17, 15) is 28.2 Å². The Bertz CT molecular complexity index is 3120. The number of guanidine groups is 1. The van der Waals surface area contributed by atoms with Crippen molar-refractivity contribution in [2.75, 3.05) is 26.3 Å². The summed E-state index contributed by atoms with van der Waals surface area (Å²) in [7, 11) is 2.66. The molecule has 416 valence electrons. The molecule has 0 saturated heterocycles. The van der Waals surface area contributed by atoms with E-state index in [0.29, 0.717) is 36.9 Å². The maximum absolute atomic E-state index is 14.7. The van der Waals surface area contributed by atoms with Crippen LogP contribution in [0.4, 0.5) is 8.99 Å². The van der Waals surface area contributed by atoms with Gasteiger partial charge >= 0.3 is 140 Å². The zero-order valence-corrected chi connectivity index (χ0v) is 46.5. The summed E-state index contributed by atoms with van der Waals surface area (Å²) in [5.41, 5.74) is 8.11. The van der Waals surface area contributed by atoms with Crippen LogP contribution in [0.25, 0.3) is 32.7 Å². The molecule has 0 saturated carbocycles. The van der Waals surface area contributed by atoms with E-state index in [1.165, 1.54) is 0 Å². The van der Waals surface area contributed by atoms with Gasteiger partial charge in [0.05, 0.1) is 6.61 Å². The summed E-state index contributed by atoms with van der Waals surface area (Å²) in [6.45, 7) is 9.70. The molecular weight excluding hydrogens is 1020 g/mol. The van der Waals surface area contributed by atoms with Gasteiger partial charge in [-0.2, -0.15) is 0 Å². The Balaban J connectivity index is 1.27. The smallest absolute Gasteiger partial charge is 0.459 e. The molecule has 4 atom stereocenters. The molecule has 0 bridgehead atoms. The maximum atomic E-state index is 14.7. The molecule has 6 aromatic carbocycles. The van der Waals surface area contributed by atoms with Crippen molar-refractivity contribution >= 4 is 72.0 Å². The van der Waals surface area contributed by atoms with Crippen molar-refractivity contribution in [2.45, 2.75) is 110 Å². The molecule has 0 spiro atoms. The van der Waals surface area contributed by atoms with Gasteiger partial charge in [0.2, 0.25) is 0 Å². The fourth-order valence-electron chi connectivity index (χ4n) is 8.62. The molecule has 79 heavy (non-hydrogen) atoms. The predicted molar refractivity (Wildman–Crippen MR) is 310 cm³/mol. The van der Waals surface area contributed by atoms with Crippen LogP contribution in [0.15, 0.2) is 138 Å². The number of nitrogens with two attached hydrogens (primary N) is 1. The van der Waals surface area contributed by atoms with Crippen LogP contribution in [0.1, 0.15) is 84.3 Å². The van der Waals surface area contributed by atoms with Gasteiger partial charge in [0.1, 0.15) is 23.7 Å². The molecular formula is C60H72BFN7O9P. The van der Waals surface area contributed by atoms with Crippen molar-refractivity contribution in [1.29, 1.82) is 0 Å². The van der Waals surface area contributed by atoms with Crippen molar-refractivity contribution < 1.29 is 47.1 Å². The Kier molecular flexibility index (Phi) is 23.2. The normalized spacial score (nSPS) is 12.9. The second-order valence-electron chi connectivity index (χ2n) is 20.4. The zero-order valence-electron chi connectivity index (χ0n) is 45.6. The minimum atomic E-state index is -2.58. The number of fused-ring (bicyclic) bond motifs is 2. The molecule has 7 N–H and O–H groups in total. The SMILES string of the molecule is B#P(F)NC(N)=NCCC[C@@H](NC(=O)[C@@H](CCCCNC(=O)OC(C)(C)C)NC(=O)COc1ccc2ccccc2c1-c1c(OCCC(C)C)ccc2ccccc12)C(=O)N[C@@H](Cc1ccccc1)C(=O)OCc1ccccc1. The van der Waals surface area contributed by atoms with Crippen LogP contribution in [0.3, 0.4) is 0 Å². The fraction of sp³-hybridized carbons (Fsp3) is 0.367. The Labute approximate surface area is 463 Å². The minimum absolute atomic E-state index is 0.0114. The number of esters is 1. The summed E-state index contributed by atoms with van der Waals surface area (Å²) in [5.74, 6) is -1.51. The summed E-state index contributed by atoms with van der Waals surface area (Å²) >= 11 is 0. The number of rotatable bonds is 27. The number of amides is 4. The number of benzene rings is 6. The van der Waals surface area contributed by atoms with Gasteiger partial charge in [0.15, 0.2) is 6.61 Å². The quantitative estimate of drug-likeness (QED) is 0.00712. The summed E-state index contributed by atoms with van der Waals surface area (Å²) in [6.07, 6.45) is 1.26. The molecule has 0 fully saturated rings. The van der Waals surface area contributed by atoms with Gasteiger partial charge in [-0.15, -0.1) is 0 Å². The second kappa shape index (κ2) is 30.3. The van der Waals surface area contributed by atoms with Crippen LogP contribution >= 0.6 is 7.70 Å². The van der Waals surface area contributed by atoms with Crippen LogP contribution in [-0.4, -0.2) is 92.8 Å².